The molecule has 3 rings (SSSR count). The van der Waals surface area contributed by atoms with Crippen LogP contribution >= 0.6 is 11.6 Å². The van der Waals surface area contributed by atoms with Crippen LogP contribution in [0.4, 0.5) is 0 Å². The fourth-order valence-electron chi connectivity index (χ4n) is 3.26. The Kier molecular flexibility index (Phi) is 5.95. The molecule has 0 bridgehead atoms. The molecule has 1 amide bonds. The van der Waals surface area contributed by atoms with E-state index in [4.69, 9.17) is 16.3 Å². The number of hydrogen-bond acceptors (Lipinski definition) is 3. The summed E-state index contributed by atoms with van der Waals surface area (Å²) in [4.78, 5) is 14.9. The quantitative estimate of drug-likeness (QED) is 0.851. The van der Waals surface area contributed by atoms with Crippen molar-refractivity contribution in [3.63, 3.8) is 0 Å². The van der Waals surface area contributed by atoms with Gasteiger partial charge in [0.05, 0.1) is 13.2 Å². The Morgan fingerprint density at radius 3 is 2.56 bits per heavy atom. The van der Waals surface area contributed by atoms with Gasteiger partial charge in [-0.1, -0.05) is 29.8 Å². The fraction of sp³-hybridized carbons (Fsp3) is 0.350. The van der Waals surface area contributed by atoms with E-state index in [2.05, 4.69) is 22.3 Å². The van der Waals surface area contributed by atoms with Crippen molar-refractivity contribution in [2.45, 2.75) is 18.9 Å². The van der Waals surface area contributed by atoms with Crippen LogP contribution in [0.1, 0.15) is 34.8 Å². The van der Waals surface area contributed by atoms with Gasteiger partial charge in [0.1, 0.15) is 5.75 Å². The van der Waals surface area contributed by atoms with Crippen LogP contribution in [0, 0.1) is 0 Å². The molecule has 2 aromatic carbocycles. The third kappa shape index (κ3) is 4.53. The monoisotopic (exact) mass is 358 g/mol. The third-order valence-corrected chi connectivity index (χ3v) is 4.86. The second-order valence-electron chi connectivity index (χ2n) is 6.25. The van der Waals surface area contributed by atoms with Crippen molar-refractivity contribution in [3.05, 3.63) is 64.7 Å². The number of methoxy groups -OCH3 is 1. The second kappa shape index (κ2) is 8.37. The van der Waals surface area contributed by atoms with Crippen molar-refractivity contribution in [3.8, 4) is 5.75 Å². The fourth-order valence-corrected chi connectivity index (χ4v) is 3.45. The van der Waals surface area contributed by atoms with E-state index in [0.717, 1.165) is 18.8 Å². The van der Waals surface area contributed by atoms with E-state index in [0.29, 0.717) is 17.1 Å². The SMILES string of the molecule is COc1ccc(C(CNC(=O)c2cccc(Cl)c2)N2CCCC2)cc1. The highest BCUT2D eigenvalue weighted by Crippen LogP contribution is 2.26. The van der Waals surface area contributed by atoms with Gasteiger partial charge in [0.2, 0.25) is 0 Å². The van der Waals surface area contributed by atoms with E-state index in [1.807, 2.05) is 12.1 Å². The van der Waals surface area contributed by atoms with E-state index in [9.17, 15) is 4.79 Å². The number of halogens is 1. The molecule has 0 aromatic heterocycles. The first-order valence-corrected chi connectivity index (χ1v) is 8.97. The first-order chi connectivity index (χ1) is 12.2. The predicted octanol–water partition coefficient (Wildman–Crippen LogP) is 3.92. The van der Waals surface area contributed by atoms with Gasteiger partial charge in [-0.3, -0.25) is 9.69 Å². The number of carbonyl (C=O) groups excluding carboxylic acids is 1. The molecule has 2 aromatic rings. The highest BCUT2D eigenvalue weighted by atomic mass is 35.5. The van der Waals surface area contributed by atoms with Crippen molar-refractivity contribution >= 4 is 17.5 Å². The molecule has 0 saturated carbocycles. The van der Waals surface area contributed by atoms with Gasteiger partial charge < -0.3 is 10.1 Å². The Bertz CT molecular complexity index is 712. The Balaban J connectivity index is 1.72. The second-order valence-corrected chi connectivity index (χ2v) is 6.69. The molecule has 1 fully saturated rings. The van der Waals surface area contributed by atoms with Crippen LogP contribution in [-0.4, -0.2) is 37.6 Å². The largest absolute Gasteiger partial charge is 0.497 e. The van der Waals surface area contributed by atoms with Crippen molar-refractivity contribution in [1.29, 1.82) is 0 Å². The summed E-state index contributed by atoms with van der Waals surface area (Å²) < 4.78 is 5.25. The molecule has 1 aliphatic rings. The average molecular weight is 359 g/mol. The van der Waals surface area contributed by atoms with Crippen LogP contribution in [0.15, 0.2) is 48.5 Å². The number of rotatable bonds is 6. The highest BCUT2D eigenvalue weighted by Gasteiger charge is 2.24. The van der Waals surface area contributed by atoms with Crippen molar-refractivity contribution in [2.75, 3.05) is 26.7 Å². The van der Waals surface area contributed by atoms with E-state index in [1.165, 1.54) is 18.4 Å². The number of hydrogen-bond donors (Lipinski definition) is 1. The Morgan fingerprint density at radius 2 is 1.92 bits per heavy atom. The van der Waals surface area contributed by atoms with Gasteiger partial charge in [0, 0.05) is 17.1 Å². The lowest BCUT2D eigenvalue weighted by Crippen LogP contribution is -2.36. The molecule has 4 nitrogen and oxygen atoms in total. The van der Waals surface area contributed by atoms with Gasteiger partial charge in [-0.05, 0) is 61.8 Å². The summed E-state index contributed by atoms with van der Waals surface area (Å²) in [5, 5.41) is 3.63. The van der Waals surface area contributed by atoms with E-state index >= 15 is 0 Å². The minimum absolute atomic E-state index is 0.0970. The van der Waals surface area contributed by atoms with Gasteiger partial charge >= 0.3 is 0 Å². The van der Waals surface area contributed by atoms with E-state index < -0.39 is 0 Å². The first kappa shape index (κ1) is 17.8. The number of likely N-dealkylation sites (tertiary alicyclic amines) is 1. The summed E-state index contributed by atoms with van der Waals surface area (Å²) in [5.74, 6) is 0.743. The van der Waals surface area contributed by atoms with Crippen LogP contribution in [0.3, 0.4) is 0 Å². The molecule has 1 saturated heterocycles. The van der Waals surface area contributed by atoms with Crippen LogP contribution < -0.4 is 10.1 Å². The molecule has 132 valence electrons. The van der Waals surface area contributed by atoms with Crippen molar-refractivity contribution < 1.29 is 9.53 Å². The lowest BCUT2D eigenvalue weighted by atomic mass is 10.0. The third-order valence-electron chi connectivity index (χ3n) is 4.62. The number of benzene rings is 2. The summed E-state index contributed by atoms with van der Waals surface area (Å²) in [6, 6.07) is 15.3. The smallest absolute Gasteiger partial charge is 0.251 e. The zero-order chi connectivity index (χ0) is 17.6. The summed E-state index contributed by atoms with van der Waals surface area (Å²) in [5.41, 5.74) is 1.77. The molecule has 5 heteroatoms. The van der Waals surface area contributed by atoms with Gasteiger partial charge in [-0.2, -0.15) is 0 Å². The number of carbonyl (C=O) groups is 1. The van der Waals surface area contributed by atoms with Crippen LogP contribution in [-0.2, 0) is 0 Å². The maximum atomic E-state index is 12.4. The minimum Gasteiger partial charge on any atom is -0.497 e. The molecule has 0 aliphatic carbocycles. The van der Waals surface area contributed by atoms with Crippen molar-refractivity contribution in [1.82, 2.24) is 10.2 Å². The Labute approximate surface area is 153 Å². The lowest BCUT2D eigenvalue weighted by molar-refractivity contribution is 0.0938. The van der Waals surface area contributed by atoms with Crippen LogP contribution in [0.5, 0.6) is 5.75 Å². The predicted molar refractivity (Wildman–Crippen MR) is 100 cm³/mol. The first-order valence-electron chi connectivity index (χ1n) is 8.59. The molecule has 0 spiro atoms. The number of nitrogens with one attached hydrogen (secondary N) is 1. The summed E-state index contributed by atoms with van der Waals surface area (Å²) >= 11 is 5.98. The summed E-state index contributed by atoms with van der Waals surface area (Å²) in [6.07, 6.45) is 2.41. The van der Waals surface area contributed by atoms with Crippen LogP contribution in [0.25, 0.3) is 0 Å². The maximum Gasteiger partial charge on any atom is 0.251 e. The Hall–Kier alpha value is -2.04. The van der Waals surface area contributed by atoms with Gasteiger partial charge in [0.15, 0.2) is 0 Å². The zero-order valence-corrected chi connectivity index (χ0v) is 15.1. The topological polar surface area (TPSA) is 41.6 Å². The molecule has 1 unspecified atom stereocenters. The lowest BCUT2D eigenvalue weighted by Gasteiger charge is -2.28. The molecular formula is C20H23ClN2O2. The van der Waals surface area contributed by atoms with E-state index in [1.54, 1.807) is 31.4 Å². The number of amides is 1. The molecule has 0 radical (unpaired) electrons. The zero-order valence-electron chi connectivity index (χ0n) is 14.4. The minimum atomic E-state index is -0.0970. The highest BCUT2D eigenvalue weighted by molar-refractivity contribution is 6.30. The van der Waals surface area contributed by atoms with E-state index in [-0.39, 0.29) is 11.9 Å². The van der Waals surface area contributed by atoms with Crippen LogP contribution in [0.2, 0.25) is 5.02 Å². The number of ether oxygens (including phenoxy) is 1. The summed E-state index contributed by atoms with van der Waals surface area (Å²) in [6.45, 7) is 2.69. The molecule has 1 aliphatic heterocycles. The molecule has 1 atom stereocenters. The number of nitrogens with zero attached hydrogens (tertiary/aromatic N) is 1. The molecule has 25 heavy (non-hydrogen) atoms. The average Bonchev–Trinajstić information content (AvgIpc) is 3.16. The normalized spacial score (nSPS) is 15.8. The Morgan fingerprint density at radius 1 is 1.20 bits per heavy atom. The van der Waals surface area contributed by atoms with Gasteiger partial charge in [-0.15, -0.1) is 0 Å². The summed E-state index contributed by atoms with van der Waals surface area (Å²) in [7, 11) is 1.66. The maximum absolute atomic E-state index is 12.4. The van der Waals surface area contributed by atoms with Gasteiger partial charge in [-0.25, -0.2) is 0 Å². The molecule has 1 N–H and O–H groups in total. The standard InChI is InChI=1S/C20H23ClN2O2/c1-25-18-9-7-15(8-10-18)19(23-11-2-3-12-23)14-22-20(24)16-5-4-6-17(21)13-16/h4-10,13,19H,2-3,11-12,14H2,1H3,(H,22,24). The molecule has 1 heterocycles. The molecular weight excluding hydrogens is 336 g/mol. The van der Waals surface area contributed by atoms with Gasteiger partial charge in [0.25, 0.3) is 5.91 Å². The van der Waals surface area contributed by atoms with Crippen molar-refractivity contribution in [2.24, 2.45) is 0 Å².